The third kappa shape index (κ3) is 3.58. The van der Waals surface area contributed by atoms with Gasteiger partial charge in [0, 0.05) is 12.7 Å². The summed E-state index contributed by atoms with van der Waals surface area (Å²) < 4.78 is 0. The van der Waals surface area contributed by atoms with Gasteiger partial charge in [0.1, 0.15) is 0 Å². The molecule has 1 aromatic rings. The molecule has 1 heterocycles. The van der Waals surface area contributed by atoms with Crippen LogP contribution >= 0.6 is 0 Å². The number of anilines is 1. The van der Waals surface area contributed by atoms with E-state index in [-0.39, 0.29) is 11.5 Å². The Kier molecular flexibility index (Phi) is 4.90. The van der Waals surface area contributed by atoms with Crippen molar-refractivity contribution >= 4 is 17.6 Å². The molecule has 1 aromatic heterocycles. The van der Waals surface area contributed by atoms with Gasteiger partial charge in [-0.05, 0) is 18.9 Å². The van der Waals surface area contributed by atoms with Gasteiger partial charge in [-0.25, -0.2) is 4.79 Å². The summed E-state index contributed by atoms with van der Waals surface area (Å²) in [7, 11) is 0. The molecule has 21 heavy (non-hydrogen) atoms. The number of rotatable bonds is 4. The van der Waals surface area contributed by atoms with Gasteiger partial charge in [-0.2, -0.15) is 0 Å². The fourth-order valence-electron chi connectivity index (χ4n) is 2.82. The zero-order chi connectivity index (χ0) is 15.3. The molecule has 2 rings (SSSR count). The van der Waals surface area contributed by atoms with Crippen LogP contribution in [0.4, 0.5) is 5.69 Å². The fourth-order valence-corrected chi connectivity index (χ4v) is 2.82. The minimum Gasteiger partial charge on any atom is -0.478 e. The van der Waals surface area contributed by atoms with Crippen LogP contribution in [0.3, 0.4) is 0 Å². The second-order valence-corrected chi connectivity index (χ2v) is 5.62. The van der Waals surface area contributed by atoms with Crippen molar-refractivity contribution in [1.29, 1.82) is 0 Å². The second-order valence-electron chi connectivity index (χ2n) is 5.62. The molecule has 0 saturated heterocycles. The molecule has 0 unspecified atom stereocenters. The van der Waals surface area contributed by atoms with E-state index in [1.165, 1.54) is 18.5 Å². The molecule has 0 radical (unpaired) electrons. The highest BCUT2D eigenvalue weighted by Gasteiger charge is 2.37. The maximum absolute atomic E-state index is 12.6. The van der Waals surface area contributed by atoms with Gasteiger partial charge < -0.3 is 16.2 Å². The van der Waals surface area contributed by atoms with Crippen LogP contribution in [0.5, 0.6) is 0 Å². The number of amides is 1. The molecule has 1 fully saturated rings. The van der Waals surface area contributed by atoms with Crippen molar-refractivity contribution in [3.05, 3.63) is 24.0 Å². The molecule has 6 nitrogen and oxygen atoms in total. The minimum atomic E-state index is -1.07. The van der Waals surface area contributed by atoms with Crippen molar-refractivity contribution in [2.24, 2.45) is 11.1 Å². The average Bonchev–Trinajstić information content (AvgIpc) is 2.74. The predicted octanol–water partition coefficient (Wildman–Crippen LogP) is 2.02. The molecule has 1 amide bonds. The molecular formula is C15H21N3O3. The molecular weight excluding hydrogens is 270 g/mol. The van der Waals surface area contributed by atoms with Crippen LogP contribution in [0, 0.1) is 5.41 Å². The Balaban J connectivity index is 2.15. The first kappa shape index (κ1) is 15.4. The summed E-state index contributed by atoms with van der Waals surface area (Å²) in [5.41, 5.74) is 5.78. The Morgan fingerprint density at radius 3 is 2.48 bits per heavy atom. The van der Waals surface area contributed by atoms with E-state index in [1.54, 1.807) is 0 Å². The van der Waals surface area contributed by atoms with Gasteiger partial charge in [0.2, 0.25) is 5.91 Å². The SMILES string of the molecule is NCC1(C(=O)Nc2cncc(C(=O)O)c2)CCCCCC1. The first-order valence-electron chi connectivity index (χ1n) is 7.27. The number of aromatic nitrogens is 1. The van der Waals surface area contributed by atoms with E-state index in [2.05, 4.69) is 10.3 Å². The summed E-state index contributed by atoms with van der Waals surface area (Å²) in [4.78, 5) is 27.4. The highest BCUT2D eigenvalue weighted by molar-refractivity contribution is 5.96. The standard InChI is InChI=1S/C15H21N3O3/c16-10-15(5-3-1-2-4-6-15)14(21)18-12-7-11(13(19)20)8-17-9-12/h7-9H,1-6,10,16H2,(H,18,21)(H,19,20). The molecule has 114 valence electrons. The van der Waals surface area contributed by atoms with E-state index >= 15 is 0 Å². The van der Waals surface area contributed by atoms with Gasteiger partial charge in [0.15, 0.2) is 0 Å². The third-order valence-corrected chi connectivity index (χ3v) is 4.18. The average molecular weight is 291 g/mol. The zero-order valence-corrected chi connectivity index (χ0v) is 12.0. The number of carbonyl (C=O) groups is 2. The van der Waals surface area contributed by atoms with Crippen molar-refractivity contribution in [1.82, 2.24) is 4.98 Å². The first-order chi connectivity index (χ1) is 10.1. The van der Waals surface area contributed by atoms with Crippen LogP contribution in [0.1, 0.15) is 48.9 Å². The Bertz CT molecular complexity index is 523. The summed E-state index contributed by atoms with van der Waals surface area (Å²) in [6.07, 6.45) is 8.52. The minimum absolute atomic E-state index is 0.0514. The van der Waals surface area contributed by atoms with Gasteiger partial charge >= 0.3 is 5.97 Å². The van der Waals surface area contributed by atoms with Gasteiger partial charge in [0.05, 0.1) is 22.9 Å². The number of pyridine rings is 1. The van der Waals surface area contributed by atoms with Crippen molar-refractivity contribution in [2.45, 2.75) is 38.5 Å². The lowest BCUT2D eigenvalue weighted by Crippen LogP contribution is -2.42. The smallest absolute Gasteiger partial charge is 0.337 e. The van der Waals surface area contributed by atoms with Crippen molar-refractivity contribution in [3.63, 3.8) is 0 Å². The number of nitrogens with one attached hydrogen (secondary N) is 1. The quantitative estimate of drug-likeness (QED) is 0.736. The molecule has 6 heteroatoms. The van der Waals surface area contributed by atoms with Gasteiger partial charge in [-0.1, -0.05) is 25.7 Å². The maximum atomic E-state index is 12.6. The molecule has 0 atom stereocenters. The van der Waals surface area contributed by atoms with Crippen molar-refractivity contribution in [3.8, 4) is 0 Å². The molecule has 0 bridgehead atoms. The predicted molar refractivity (Wildman–Crippen MR) is 79.0 cm³/mol. The summed E-state index contributed by atoms with van der Waals surface area (Å²) >= 11 is 0. The van der Waals surface area contributed by atoms with E-state index in [4.69, 9.17) is 10.8 Å². The Morgan fingerprint density at radius 1 is 1.24 bits per heavy atom. The van der Waals surface area contributed by atoms with Crippen LogP contribution in [-0.4, -0.2) is 28.5 Å². The summed E-state index contributed by atoms with van der Waals surface area (Å²) in [5, 5.41) is 11.7. The molecule has 4 N–H and O–H groups in total. The Labute approximate surface area is 123 Å². The van der Waals surface area contributed by atoms with E-state index in [1.807, 2.05) is 0 Å². The van der Waals surface area contributed by atoms with Gasteiger partial charge in [0.25, 0.3) is 0 Å². The highest BCUT2D eigenvalue weighted by Crippen LogP contribution is 2.35. The molecule has 1 saturated carbocycles. The lowest BCUT2D eigenvalue weighted by Gasteiger charge is -2.29. The molecule has 1 aliphatic carbocycles. The van der Waals surface area contributed by atoms with E-state index in [0.717, 1.165) is 38.5 Å². The molecule has 0 aromatic carbocycles. The van der Waals surface area contributed by atoms with Crippen molar-refractivity contribution < 1.29 is 14.7 Å². The molecule has 0 spiro atoms. The van der Waals surface area contributed by atoms with Crippen LogP contribution in [-0.2, 0) is 4.79 Å². The highest BCUT2D eigenvalue weighted by atomic mass is 16.4. The lowest BCUT2D eigenvalue weighted by molar-refractivity contribution is -0.125. The van der Waals surface area contributed by atoms with E-state index < -0.39 is 11.4 Å². The molecule has 1 aliphatic rings. The van der Waals surface area contributed by atoms with E-state index in [0.29, 0.717) is 12.2 Å². The summed E-state index contributed by atoms with van der Waals surface area (Å²) in [5.74, 6) is -1.20. The normalized spacial score (nSPS) is 17.8. The van der Waals surface area contributed by atoms with Gasteiger partial charge in [-0.3, -0.25) is 9.78 Å². The number of hydrogen-bond acceptors (Lipinski definition) is 4. The van der Waals surface area contributed by atoms with Gasteiger partial charge in [-0.15, -0.1) is 0 Å². The molecule has 0 aliphatic heterocycles. The number of carboxylic acid groups (broad SMARTS) is 1. The number of nitrogens with two attached hydrogens (primary N) is 1. The zero-order valence-electron chi connectivity index (χ0n) is 12.0. The van der Waals surface area contributed by atoms with Crippen LogP contribution in [0.15, 0.2) is 18.5 Å². The van der Waals surface area contributed by atoms with Crippen molar-refractivity contribution in [2.75, 3.05) is 11.9 Å². The maximum Gasteiger partial charge on any atom is 0.337 e. The number of carboxylic acids is 1. The first-order valence-corrected chi connectivity index (χ1v) is 7.27. The third-order valence-electron chi connectivity index (χ3n) is 4.18. The number of nitrogens with zero attached hydrogens (tertiary/aromatic N) is 1. The summed E-state index contributed by atoms with van der Waals surface area (Å²) in [6.45, 7) is 0.310. The van der Waals surface area contributed by atoms with Crippen LogP contribution < -0.4 is 11.1 Å². The van der Waals surface area contributed by atoms with Crippen LogP contribution in [0.2, 0.25) is 0 Å². The van der Waals surface area contributed by atoms with E-state index in [9.17, 15) is 9.59 Å². The Hall–Kier alpha value is -1.95. The number of carbonyl (C=O) groups excluding carboxylic acids is 1. The topological polar surface area (TPSA) is 105 Å². The monoisotopic (exact) mass is 291 g/mol. The lowest BCUT2D eigenvalue weighted by atomic mass is 9.79. The van der Waals surface area contributed by atoms with Crippen LogP contribution in [0.25, 0.3) is 0 Å². The summed E-state index contributed by atoms with van der Waals surface area (Å²) in [6, 6.07) is 1.41. The number of hydrogen-bond donors (Lipinski definition) is 3. The fraction of sp³-hybridized carbons (Fsp3) is 0.533. The second kappa shape index (κ2) is 6.67. The Morgan fingerprint density at radius 2 is 1.90 bits per heavy atom. The largest absolute Gasteiger partial charge is 0.478 e. The number of aromatic carboxylic acids is 1.